The van der Waals surface area contributed by atoms with Crippen LogP contribution < -0.4 is 14.8 Å². The number of methoxy groups -OCH3 is 1. The number of benzene rings is 1. The highest BCUT2D eigenvalue weighted by atomic mass is 16.6. The maximum atomic E-state index is 11.7. The van der Waals surface area contributed by atoms with Crippen molar-refractivity contribution in [2.75, 3.05) is 7.11 Å². The molecule has 0 radical (unpaired) electrons. The van der Waals surface area contributed by atoms with Gasteiger partial charge in [0.1, 0.15) is 11.7 Å². The lowest BCUT2D eigenvalue weighted by atomic mass is 9.89. The Morgan fingerprint density at radius 3 is 2.50 bits per heavy atom. The van der Waals surface area contributed by atoms with Gasteiger partial charge in [-0.05, 0) is 26.8 Å². The Balaban J connectivity index is 1.88. The minimum absolute atomic E-state index is 0.0328. The zero-order valence-corrected chi connectivity index (χ0v) is 14.2. The summed E-state index contributed by atoms with van der Waals surface area (Å²) in [5.41, 5.74) is -0.603. The van der Waals surface area contributed by atoms with E-state index in [1.54, 1.807) is 20.8 Å². The molecule has 1 amide bonds. The first-order valence-electron chi connectivity index (χ1n) is 7.66. The Morgan fingerprint density at radius 2 is 1.96 bits per heavy atom. The number of rotatable bonds is 5. The third-order valence-corrected chi connectivity index (χ3v) is 3.47. The van der Waals surface area contributed by atoms with Crippen molar-refractivity contribution >= 4 is 11.8 Å². The second kappa shape index (κ2) is 6.94. The van der Waals surface area contributed by atoms with E-state index in [1.807, 2.05) is 0 Å². The standard InChI is InChI=1S/C16H22N2O6/c1-16(2,3)24-15(19)17-10-7-12(8-10)23-14-9-11(18(20)21)5-6-13(14)22-4/h5-6,9-10,12H,7-8H2,1-4H3,(H,17,19). The van der Waals surface area contributed by atoms with Crippen LogP contribution in [0.25, 0.3) is 0 Å². The molecule has 1 N–H and O–H groups in total. The van der Waals surface area contributed by atoms with Crippen LogP contribution >= 0.6 is 0 Å². The van der Waals surface area contributed by atoms with Crippen LogP contribution in [0.1, 0.15) is 33.6 Å². The third-order valence-electron chi connectivity index (χ3n) is 3.47. The highest BCUT2D eigenvalue weighted by Crippen LogP contribution is 2.35. The van der Waals surface area contributed by atoms with Crippen molar-refractivity contribution in [2.24, 2.45) is 0 Å². The van der Waals surface area contributed by atoms with Gasteiger partial charge in [-0.1, -0.05) is 0 Å². The highest BCUT2D eigenvalue weighted by molar-refractivity contribution is 5.68. The molecule has 0 spiro atoms. The number of nitro benzene ring substituents is 1. The number of carbonyl (C=O) groups excluding carboxylic acids is 1. The molecule has 8 nitrogen and oxygen atoms in total. The maximum Gasteiger partial charge on any atom is 0.407 e. The van der Waals surface area contributed by atoms with E-state index in [-0.39, 0.29) is 17.8 Å². The summed E-state index contributed by atoms with van der Waals surface area (Å²) >= 11 is 0. The van der Waals surface area contributed by atoms with E-state index >= 15 is 0 Å². The Kier molecular flexibility index (Phi) is 5.16. The molecule has 2 rings (SSSR count). The van der Waals surface area contributed by atoms with E-state index in [0.717, 1.165) is 0 Å². The molecule has 1 aliphatic carbocycles. The number of ether oxygens (including phenoxy) is 3. The van der Waals surface area contributed by atoms with Crippen LogP contribution in [-0.4, -0.2) is 35.9 Å². The summed E-state index contributed by atoms with van der Waals surface area (Å²) in [6.07, 6.45) is 0.607. The quantitative estimate of drug-likeness (QED) is 0.654. The van der Waals surface area contributed by atoms with Crippen LogP contribution in [0.4, 0.5) is 10.5 Å². The maximum absolute atomic E-state index is 11.7. The second-order valence-electron chi connectivity index (χ2n) is 6.65. The minimum Gasteiger partial charge on any atom is -0.493 e. The van der Waals surface area contributed by atoms with E-state index in [1.165, 1.54) is 25.3 Å². The lowest BCUT2D eigenvalue weighted by Gasteiger charge is -2.36. The van der Waals surface area contributed by atoms with Crippen molar-refractivity contribution in [3.05, 3.63) is 28.3 Å². The fraction of sp³-hybridized carbons (Fsp3) is 0.562. The summed E-state index contributed by atoms with van der Waals surface area (Å²) < 4.78 is 16.1. The van der Waals surface area contributed by atoms with Crippen molar-refractivity contribution in [3.8, 4) is 11.5 Å². The summed E-state index contributed by atoms with van der Waals surface area (Å²) in [6.45, 7) is 5.40. The second-order valence-corrected chi connectivity index (χ2v) is 6.65. The van der Waals surface area contributed by atoms with E-state index in [2.05, 4.69) is 5.32 Å². The molecule has 132 valence electrons. The van der Waals surface area contributed by atoms with Crippen molar-refractivity contribution in [1.29, 1.82) is 0 Å². The van der Waals surface area contributed by atoms with Crippen LogP contribution in [0.3, 0.4) is 0 Å². The topological polar surface area (TPSA) is 99.9 Å². The molecule has 0 bridgehead atoms. The SMILES string of the molecule is COc1ccc([N+](=O)[O-])cc1OC1CC(NC(=O)OC(C)(C)C)C1. The summed E-state index contributed by atoms with van der Waals surface area (Å²) in [7, 11) is 1.47. The Labute approximate surface area is 140 Å². The van der Waals surface area contributed by atoms with Gasteiger partial charge in [-0.15, -0.1) is 0 Å². The molecule has 0 unspecified atom stereocenters. The molecule has 24 heavy (non-hydrogen) atoms. The minimum atomic E-state index is -0.542. The third kappa shape index (κ3) is 4.74. The van der Waals surface area contributed by atoms with E-state index in [4.69, 9.17) is 14.2 Å². The molecule has 0 saturated heterocycles. The smallest absolute Gasteiger partial charge is 0.407 e. The average Bonchev–Trinajstić information content (AvgIpc) is 2.42. The van der Waals surface area contributed by atoms with Crippen LogP contribution in [-0.2, 0) is 4.74 Å². The van der Waals surface area contributed by atoms with Gasteiger partial charge in [0.25, 0.3) is 5.69 Å². The van der Waals surface area contributed by atoms with Gasteiger partial charge in [0.15, 0.2) is 11.5 Å². The van der Waals surface area contributed by atoms with E-state index < -0.39 is 16.6 Å². The molecule has 1 saturated carbocycles. The predicted octanol–water partition coefficient (Wildman–Crippen LogP) is 3.04. The number of amides is 1. The molecular formula is C16H22N2O6. The summed E-state index contributed by atoms with van der Waals surface area (Å²) in [5.74, 6) is 0.761. The first-order valence-corrected chi connectivity index (χ1v) is 7.66. The van der Waals surface area contributed by atoms with Gasteiger partial charge < -0.3 is 19.5 Å². The molecule has 1 aromatic carbocycles. The van der Waals surface area contributed by atoms with E-state index in [9.17, 15) is 14.9 Å². The Morgan fingerprint density at radius 1 is 1.29 bits per heavy atom. The summed E-state index contributed by atoms with van der Waals surface area (Å²) in [6, 6.07) is 4.17. The monoisotopic (exact) mass is 338 g/mol. The molecule has 0 heterocycles. The summed E-state index contributed by atoms with van der Waals surface area (Å²) in [4.78, 5) is 22.0. The molecule has 8 heteroatoms. The summed E-state index contributed by atoms with van der Waals surface area (Å²) in [5, 5.41) is 13.6. The number of nitrogens with zero attached hydrogens (tertiary/aromatic N) is 1. The molecule has 0 atom stereocenters. The number of nitro groups is 1. The van der Waals surface area contributed by atoms with Crippen LogP contribution in [0.5, 0.6) is 11.5 Å². The van der Waals surface area contributed by atoms with Crippen molar-refractivity contribution in [3.63, 3.8) is 0 Å². The molecular weight excluding hydrogens is 316 g/mol. The molecule has 1 fully saturated rings. The number of non-ortho nitro benzene ring substituents is 1. The average molecular weight is 338 g/mol. The predicted molar refractivity (Wildman–Crippen MR) is 86.5 cm³/mol. The molecule has 0 aromatic heterocycles. The highest BCUT2D eigenvalue weighted by Gasteiger charge is 2.34. The molecule has 1 aromatic rings. The van der Waals surface area contributed by atoms with Crippen molar-refractivity contribution in [1.82, 2.24) is 5.32 Å². The van der Waals surface area contributed by atoms with Gasteiger partial charge in [-0.2, -0.15) is 0 Å². The fourth-order valence-corrected chi connectivity index (χ4v) is 2.30. The number of alkyl carbamates (subject to hydrolysis) is 1. The fourth-order valence-electron chi connectivity index (χ4n) is 2.30. The largest absolute Gasteiger partial charge is 0.493 e. The van der Waals surface area contributed by atoms with Gasteiger partial charge in [-0.3, -0.25) is 10.1 Å². The van der Waals surface area contributed by atoms with Gasteiger partial charge in [0, 0.05) is 24.9 Å². The van der Waals surface area contributed by atoms with Gasteiger partial charge in [0.05, 0.1) is 18.1 Å². The van der Waals surface area contributed by atoms with Crippen molar-refractivity contribution in [2.45, 2.75) is 51.4 Å². The van der Waals surface area contributed by atoms with Crippen LogP contribution in [0, 0.1) is 10.1 Å². The lowest BCUT2D eigenvalue weighted by Crippen LogP contribution is -2.50. The number of nitrogens with one attached hydrogen (secondary N) is 1. The number of hydrogen-bond donors (Lipinski definition) is 1. The van der Waals surface area contributed by atoms with Crippen LogP contribution in [0.15, 0.2) is 18.2 Å². The first kappa shape index (κ1) is 17.8. The molecule has 0 aliphatic heterocycles. The lowest BCUT2D eigenvalue weighted by molar-refractivity contribution is -0.385. The number of hydrogen-bond acceptors (Lipinski definition) is 6. The Hall–Kier alpha value is -2.51. The zero-order chi connectivity index (χ0) is 17.9. The van der Waals surface area contributed by atoms with E-state index in [0.29, 0.717) is 24.3 Å². The van der Waals surface area contributed by atoms with Gasteiger partial charge >= 0.3 is 6.09 Å². The normalized spacial score (nSPS) is 19.8. The Bertz CT molecular complexity index is 619. The van der Waals surface area contributed by atoms with Gasteiger partial charge in [-0.25, -0.2) is 4.79 Å². The zero-order valence-electron chi connectivity index (χ0n) is 14.2. The number of carbonyl (C=O) groups is 1. The van der Waals surface area contributed by atoms with Crippen molar-refractivity contribution < 1.29 is 23.9 Å². The first-order chi connectivity index (χ1) is 11.2. The molecule has 1 aliphatic rings. The van der Waals surface area contributed by atoms with Gasteiger partial charge in [0.2, 0.25) is 0 Å². The van der Waals surface area contributed by atoms with Crippen LogP contribution in [0.2, 0.25) is 0 Å².